The lowest BCUT2D eigenvalue weighted by molar-refractivity contribution is 0.620. The minimum absolute atomic E-state index is 0.245. The quantitative estimate of drug-likeness (QED) is 0.926. The Labute approximate surface area is 117 Å². The lowest BCUT2D eigenvalue weighted by Crippen LogP contribution is -2.16. The standard InChI is InChI=1S/C16H14FN3/c17-14-1-4-16(12-5-11(7-18)8-19-9-12)13(6-14)10-20-15-2-3-15/h1,4-6,8-9,15,20H,2-3,10H2. The third-order valence-electron chi connectivity index (χ3n) is 3.40. The van der Waals surface area contributed by atoms with E-state index in [2.05, 4.69) is 16.4 Å². The van der Waals surface area contributed by atoms with Crippen LogP contribution in [-0.2, 0) is 6.54 Å². The molecule has 1 heterocycles. The largest absolute Gasteiger partial charge is 0.310 e. The molecule has 3 rings (SSSR count). The molecular formula is C16H14FN3. The van der Waals surface area contributed by atoms with E-state index < -0.39 is 0 Å². The molecule has 20 heavy (non-hydrogen) atoms. The number of nitrogens with one attached hydrogen (secondary N) is 1. The van der Waals surface area contributed by atoms with E-state index in [0.29, 0.717) is 18.2 Å². The van der Waals surface area contributed by atoms with E-state index in [9.17, 15) is 4.39 Å². The second-order valence-electron chi connectivity index (χ2n) is 5.03. The van der Waals surface area contributed by atoms with Gasteiger partial charge in [0.05, 0.1) is 5.56 Å². The van der Waals surface area contributed by atoms with E-state index in [-0.39, 0.29) is 5.82 Å². The van der Waals surface area contributed by atoms with Crippen LogP contribution >= 0.6 is 0 Å². The Hall–Kier alpha value is -2.25. The van der Waals surface area contributed by atoms with E-state index in [4.69, 9.17) is 5.26 Å². The molecule has 0 unspecified atom stereocenters. The Kier molecular flexibility index (Phi) is 3.44. The molecule has 0 bridgehead atoms. The molecule has 100 valence electrons. The molecule has 1 aromatic carbocycles. The van der Waals surface area contributed by atoms with Crippen molar-refractivity contribution in [3.8, 4) is 17.2 Å². The summed E-state index contributed by atoms with van der Waals surface area (Å²) in [5, 5.41) is 12.3. The third-order valence-corrected chi connectivity index (χ3v) is 3.40. The smallest absolute Gasteiger partial charge is 0.123 e. The zero-order valence-electron chi connectivity index (χ0n) is 10.9. The van der Waals surface area contributed by atoms with Crippen molar-refractivity contribution in [3.05, 3.63) is 53.6 Å². The minimum atomic E-state index is -0.245. The van der Waals surface area contributed by atoms with Crippen LogP contribution in [0.2, 0.25) is 0 Å². The van der Waals surface area contributed by atoms with E-state index in [1.165, 1.54) is 25.1 Å². The molecular weight excluding hydrogens is 253 g/mol. The van der Waals surface area contributed by atoms with Gasteiger partial charge >= 0.3 is 0 Å². The van der Waals surface area contributed by atoms with Gasteiger partial charge < -0.3 is 5.32 Å². The second-order valence-corrected chi connectivity index (χ2v) is 5.03. The molecule has 0 aliphatic heterocycles. The maximum atomic E-state index is 13.5. The Morgan fingerprint density at radius 1 is 1.30 bits per heavy atom. The Morgan fingerprint density at radius 2 is 2.15 bits per heavy atom. The molecule has 2 aromatic rings. The van der Waals surface area contributed by atoms with E-state index in [1.54, 1.807) is 24.4 Å². The molecule has 1 N–H and O–H groups in total. The Bertz CT molecular complexity index is 672. The van der Waals surface area contributed by atoms with Crippen molar-refractivity contribution >= 4 is 0 Å². The summed E-state index contributed by atoms with van der Waals surface area (Å²) in [5.74, 6) is -0.245. The number of hydrogen-bond acceptors (Lipinski definition) is 3. The van der Waals surface area contributed by atoms with Gasteiger partial charge in [0.1, 0.15) is 11.9 Å². The Morgan fingerprint density at radius 3 is 2.90 bits per heavy atom. The van der Waals surface area contributed by atoms with Gasteiger partial charge in [-0.25, -0.2) is 4.39 Å². The molecule has 1 aliphatic rings. The molecule has 0 atom stereocenters. The number of pyridine rings is 1. The van der Waals surface area contributed by atoms with Crippen molar-refractivity contribution in [1.29, 1.82) is 5.26 Å². The zero-order chi connectivity index (χ0) is 13.9. The third kappa shape index (κ3) is 2.84. The first-order valence-electron chi connectivity index (χ1n) is 6.63. The number of rotatable bonds is 4. The number of halogens is 1. The second kappa shape index (κ2) is 5.40. The lowest BCUT2D eigenvalue weighted by atomic mass is 10.00. The van der Waals surface area contributed by atoms with Gasteiger partial charge in [0.2, 0.25) is 0 Å². The van der Waals surface area contributed by atoms with Crippen molar-refractivity contribution in [2.75, 3.05) is 0 Å². The molecule has 4 heteroatoms. The highest BCUT2D eigenvalue weighted by Gasteiger charge is 2.20. The van der Waals surface area contributed by atoms with Crippen LogP contribution < -0.4 is 5.32 Å². The summed E-state index contributed by atoms with van der Waals surface area (Å²) >= 11 is 0. The number of benzene rings is 1. The molecule has 3 nitrogen and oxygen atoms in total. The number of nitrogens with zero attached hydrogens (tertiary/aromatic N) is 2. The highest BCUT2D eigenvalue weighted by atomic mass is 19.1. The van der Waals surface area contributed by atoms with Gasteiger partial charge in [-0.05, 0) is 42.2 Å². The number of nitriles is 1. The fraction of sp³-hybridized carbons (Fsp3) is 0.250. The van der Waals surface area contributed by atoms with Gasteiger partial charge in [0.25, 0.3) is 0 Å². The first kappa shape index (κ1) is 12.8. The van der Waals surface area contributed by atoms with Crippen molar-refractivity contribution in [3.63, 3.8) is 0 Å². The maximum absolute atomic E-state index is 13.5. The predicted molar refractivity (Wildman–Crippen MR) is 74.2 cm³/mol. The van der Waals surface area contributed by atoms with Gasteiger partial charge in [-0.2, -0.15) is 5.26 Å². The van der Waals surface area contributed by atoms with E-state index >= 15 is 0 Å². The molecule has 0 spiro atoms. The topological polar surface area (TPSA) is 48.7 Å². The summed E-state index contributed by atoms with van der Waals surface area (Å²) < 4.78 is 13.5. The average molecular weight is 267 g/mol. The summed E-state index contributed by atoms with van der Waals surface area (Å²) in [5.41, 5.74) is 3.17. The number of hydrogen-bond donors (Lipinski definition) is 1. The average Bonchev–Trinajstić information content (AvgIpc) is 3.29. The lowest BCUT2D eigenvalue weighted by Gasteiger charge is -2.11. The van der Waals surface area contributed by atoms with E-state index in [1.807, 2.05) is 0 Å². The first-order chi connectivity index (χ1) is 9.76. The highest BCUT2D eigenvalue weighted by Crippen LogP contribution is 2.26. The molecule has 0 saturated heterocycles. The SMILES string of the molecule is N#Cc1cncc(-c2ccc(F)cc2CNC2CC2)c1. The summed E-state index contributed by atoms with van der Waals surface area (Å²) in [6.45, 7) is 0.633. The Balaban J connectivity index is 1.95. The molecule has 1 aromatic heterocycles. The highest BCUT2D eigenvalue weighted by molar-refractivity contribution is 5.67. The molecule has 1 fully saturated rings. The van der Waals surface area contributed by atoms with Crippen molar-refractivity contribution in [1.82, 2.24) is 10.3 Å². The van der Waals surface area contributed by atoms with Crippen LogP contribution in [0.3, 0.4) is 0 Å². The van der Waals surface area contributed by atoms with Crippen LogP contribution in [0.5, 0.6) is 0 Å². The van der Waals surface area contributed by atoms with Gasteiger partial charge in [-0.1, -0.05) is 6.07 Å². The van der Waals surface area contributed by atoms with Crippen LogP contribution in [0.15, 0.2) is 36.7 Å². The minimum Gasteiger partial charge on any atom is -0.310 e. The fourth-order valence-electron chi connectivity index (χ4n) is 2.18. The fourth-order valence-corrected chi connectivity index (χ4v) is 2.18. The van der Waals surface area contributed by atoms with Gasteiger partial charge in [-0.3, -0.25) is 4.98 Å². The molecule has 0 amide bonds. The normalized spacial score (nSPS) is 14.0. The maximum Gasteiger partial charge on any atom is 0.123 e. The zero-order valence-corrected chi connectivity index (χ0v) is 10.9. The van der Waals surface area contributed by atoms with Gasteiger partial charge in [0.15, 0.2) is 0 Å². The number of aromatic nitrogens is 1. The summed E-state index contributed by atoms with van der Waals surface area (Å²) in [7, 11) is 0. The van der Waals surface area contributed by atoms with Crippen LogP contribution in [0.1, 0.15) is 24.0 Å². The van der Waals surface area contributed by atoms with Gasteiger partial charge in [-0.15, -0.1) is 0 Å². The van der Waals surface area contributed by atoms with Crippen LogP contribution in [-0.4, -0.2) is 11.0 Å². The van der Waals surface area contributed by atoms with Crippen molar-refractivity contribution < 1.29 is 4.39 Å². The van der Waals surface area contributed by atoms with Crippen LogP contribution in [0, 0.1) is 17.1 Å². The van der Waals surface area contributed by atoms with Crippen LogP contribution in [0.4, 0.5) is 4.39 Å². The van der Waals surface area contributed by atoms with Crippen LogP contribution in [0.25, 0.3) is 11.1 Å². The monoisotopic (exact) mass is 267 g/mol. The summed E-state index contributed by atoms with van der Waals surface area (Å²) in [6, 6.07) is 9.15. The molecule has 1 saturated carbocycles. The van der Waals surface area contributed by atoms with Crippen molar-refractivity contribution in [2.45, 2.75) is 25.4 Å². The first-order valence-corrected chi connectivity index (χ1v) is 6.63. The van der Waals surface area contributed by atoms with E-state index in [0.717, 1.165) is 16.7 Å². The predicted octanol–water partition coefficient (Wildman–Crippen LogP) is 3.01. The molecule has 1 aliphatic carbocycles. The van der Waals surface area contributed by atoms with Gasteiger partial charge in [0, 0.05) is 30.5 Å². The summed E-state index contributed by atoms with van der Waals surface area (Å²) in [4.78, 5) is 4.07. The van der Waals surface area contributed by atoms with Crippen molar-refractivity contribution in [2.24, 2.45) is 0 Å². The summed E-state index contributed by atoms with van der Waals surface area (Å²) in [6.07, 6.45) is 5.61. The molecule has 0 radical (unpaired) electrons.